The molecule has 0 unspecified atom stereocenters. The normalized spacial score (nSPS) is 16.4. The van der Waals surface area contributed by atoms with Crippen molar-refractivity contribution in [1.29, 1.82) is 0 Å². The molecule has 0 spiro atoms. The highest BCUT2D eigenvalue weighted by molar-refractivity contribution is 8.75. The van der Waals surface area contributed by atoms with Crippen molar-refractivity contribution in [2.24, 2.45) is 0 Å². The zero-order chi connectivity index (χ0) is 22.3. The van der Waals surface area contributed by atoms with E-state index >= 15 is 0 Å². The van der Waals surface area contributed by atoms with Gasteiger partial charge in [0.2, 0.25) is 11.8 Å². The molecule has 0 aromatic heterocycles. The highest BCUT2D eigenvalue weighted by Crippen LogP contribution is 2.28. The predicted octanol–water partition coefficient (Wildman–Crippen LogP) is 1.35. The van der Waals surface area contributed by atoms with Crippen LogP contribution in [-0.2, 0) is 19.3 Å². The summed E-state index contributed by atoms with van der Waals surface area (Å²) in [5.74, 6) is 0.389. The number of hydrogen-bond donors (Lipinski definition) is 2. The molecule has 2 N–H and O–H groups in total. The minimum atomic E-state index is -0.704. The van der Waals surface area contributed by atoms with E-state index in [1.807, 2.05) is 0 Å². The lowest BCUT2D eigenvalue weighted by Gasteiger charge is -2.23. The quantitative estimate of drug-likeness (QED) is 0.300. The fraction of sp³-hybridized carbons (Fsp3) is 0.429. The Bertz CT molecular complexity index is 703. The van der Waals surface area contributed by atoms with E-state index in [9.17, 15) is 19.2 Å². The van der Waals surface area contributed by atoms with Gasteiger partial charge in [0.1, 0.15) is 10.1 Å². The van der Waals surface area contributed by atoms with Crippen LogP contribution in [0.15, 0.2) is 22.5 Å². The van der Waals surface area contributed by atoms with Gasteiger partial charge in [-0.25, -0.2) is 29.2 Å². The van der Waals surface area contributed by atoms with E-state index in [2.05, 4.69) is 11.0 Å². The molecule has 2 rings (SSSR count). The summed E-state index contributed by atoms with van der Waals surface area (Å²) in [4.78, 5) is 59.5. The van der Waals surface area contributed by atoms with Crippen molar-refractivity contribution in [3.63, 3.8) is 0 Å². The van der Waals surface area contributed by atoms with Crippen LogP contribution in [0.3, 0.4) is 0 Å². The largest absolute Gasteiger partial charge is 0.444 e. The summed E-state index contributed by atoms with van der Waals surface area (Å²) in [5, 5.41) is 1.04. The van der Waals surface area contributed by atoms with E-state index in [4.69, 9.17) is 9.68 Å². The maximum absolute atomic E-state index is 12.0. The minimum Gasteiger partial charge on any atom is -0.323 e. The third-order valence-electron chi connectivity index (χ3n) is 3.36. The van der Waals surface area contributed by atoms with Gasteiger partial charge >= 0.3 is 12.2 Å². The van der Waals surface area contributed by atoms with E-state index in [0.717, 1.165) is 30.6 Å². The zero-order valence-corrected chi connectivity index (χ0v) is 19.7. The van der Waals surface area contributed by atoms with E-state index in [1.54, 1.807) is 14.1 Å². The van der Waals surface area contributed by atoms with Crippen LogP contribution in [0.25, 0.3) is 0 Å². The van der Waals surface area contributed by atoms with Crippen molar-refractivity contribution in [2.75, 3.05) is 39.7 Å². The monoisotopic (exact) mass is 496 g/mol. The van der Waals surface area contributed by atoms with Crippen molar-refractivity contribution in [1.82, 2.24) is 29.4 Å². The lowest BCUT2D eigenvalue weighted by Crippen LogP contribution is -2.33. The first kappa shape index (κ1) is 24.2. The van der Waals surface area contributed by atoms with Gasteiger partial charge in [-0.05, 0) is 0 Å². The number of amides is 4. The second-order valence-electron chi connectivity index (χ2n) is 5.66. The number of carbonyl (C=O) groups is 4. The average molecular weight is 497 g/mol. The maximum Gasteiger partial charge on any atom is 0.444 e. The van der Waals surface area contributed by atoms with Gasteiger partial charge in [-0.1, -0.05) is 23.5 Å². The van der Waals surface area contributed by atoms with Gasteiger partial charge in [0, 0.05) is 62.6 Å². The molecule has 2 heterocycles. The third-order valence-corrected chi connectivity index (χ3v) is 7.50. The Balaban J connectivity index is 1.68. The first-order valence-corrected chi connectivity index (χ1v) is 12.2. The van der Waals surface area contributed by atoms with Crippen molar-refractivity contribution < 1.29 is 28.9 Å². The molecule has 0 bridgehead atoms. The molecule has 0 fully saturated rings. The molecule has 0 saturated carbocycles. The van der Waals surface area contributed by atoms with Crippen LogP contribution in [-0.4, -0.2) is 82.1 Å². The van der Waals surface area contributed by atoms with Gasteiger partial charge in [0.25, 0.3) is 0 Å². The summed E-state index contributed by atoms with van der Waals surface area (Å²) in [7, 11) is 8.02. The smallest absolute Gasteiger partial charge is 0.323 e. The van der Waals surface area contributed by atoms with Gasteiger partial charge in [0.05, 0.1) is 11.5 Å². The molecule has 0 radical (unpaired) electrons. The molecule has 0 atom stereocenters. The van der Waals surface area contributed by atoms with Crippen molar-refractivity contribution >= 4 is 69.5 Å². The highest BCUT2D eigenvalue weighted by atomic mass is 33.1. The van der Waals surface area contributed by atoms with Gasteiger partial charge in [0.15, 0.2) is 0 Å². The zero-order valence-electron chi connectivity index (χ0n) is 16.4. The van der Waals surface area contributed by atoms with Crippen LogP contribution in [0.4, 0.5) is 9.59 Å². The highest BCUT2D eigenvalue weighted by Gasteiger charge is 2.21. The van der Waals surface area contributed by atoms with Gasteiger partial charge in [-0.2, -0.15) is 0 Å². The Hall–Kier alpha value is -2.04. The molecule has 12 nitrogen and oxygen atoms in total. The van der Waals surface area contributed by atoms with Crippen LogP contribution < -0.4 is 11.0 Å². The Kier molecular flexibility index (Phi) is 9.19. The molecule has 2 aliphatic heterocycles. The first-order chi connectivity index (χ1) is 14.2. The molecule has 30 heavy (non-hydrogen) atoms. The average Bonchev–Trinajstić information content (AvgIpc) is 2.72. The second kappa shape index (κ2) is 11.4. The topological polar surface area (TPSA) is 124 Å². The Labute approximate surface area is 189 Å². The van der Waals surface area contributed by atoms with E-state index in [1.165, 1.54) is 59.8 Å². The molecule has 16 heteroatoms. The number of thioether (sulfide) groups is 2. The maximum atomic E-state index is 12.0. The van der Waals surface area contributed by atoms with Gasteiger partial charge in [-0.15, -0.1) is 0 Å². The Morgan fingerprint density at radius 3 is 1.60 bits per heavy atom. The fourth-order valence-electron chi connectivity index (χ4n) is 1.64. The number of nitrogens with one attached hydrogen (secondary N) is 2. The summed E-state index contributed by atoms with van der Waals surface area (Å²) in [6.45, 7) is 0. The lowest BCUT2D eigenvalue weighted by molar-refractivity contribution is -0.125. The predicted molar refractivity (Wildman–Crippen MR) is 117 cm³/mol. The molecule has 4 amide bonds. The minimum absolute atomic E-state index is 0.0516. The van der Waals surface area contributed by atoms with Crippen molar-refractivity contribution in [3.8, 4) is 0 Å². The molecule has 2 aliphatic rings. The number of rotatable bonds is 7. The number of hydroxylamine groups is 2. The standard InChI is InChI=1S/C14H20N6O6S4/c1-17-5-9(27-7-11(17)21)15-25-13(23)19(3)29-30-20(4)14(24)26-16-10-6-18(2)12(22)8-28-10/h5-6,15-16H,7-8H2,1-4H3. The van der Waals surface area contributed by atoms with E-state index < -0.39 is 12.2 Å². The fourth-order valence-corrected chi connectivity index (χ4v) is 4.63. The van der Waals surface area contributed by atoms with Crippen LogP contribution in [0, 0.1) is 0 Å². The van der Waals surface area contributed by atoms with Crippen LogP contribution >= 0.6 is 45.5 Å². The molecule has 166 valence electrons. The van der Waals surface area contributed by atoms with Crippen LogP contribution in [0.1, 0.15) is 0 Å². The van der Waals surface area contributed by atoms with Gasteiger partial charge in [-0.3, -0.25) is 9.59 Å². The number of hydrogen-bond acceptors (Lipinski definition) is 12. The molecular weight excluding hydrogens is 476 g/mol. The summed E-state index contributed by atoms with van der Waals surface area (Å²) in [5.41, 5.74) is 4.98. The first-order valence-electron chi connectivity index (χ1n) is 8.13. The Morgan fingerprint density at radius 2 is 1.27 bits per heavy atom. The molecule has 0 saturated heterocycles. The van der Waals surface area contributed by atoms with E-state index in [0.29, 0.717) is 10.1 Å². The van der Waals surface area contributed by atoms with Gasteiger partial charge < -0.3 is 19.5 Å². The molecule has 0 aliphatic carbocycles. The summed E-state index contributed by atoms with van der Waals surface area (Å²) >= 11 is 2.43. The SMILES string of the molecule is CN1C=C(NOC(=O)N(C)SSN(C)C(=O)ONC2=CN(C)C(=O)CS2)SCC1=O. The number of nitrogens with zero attached hydrogens (tertiary/aromatic N) is 4. The lowest BCUT2D eigenvalue weighted by atomic mass is 10.6. The summed E-state index contributed by atoms with van der Waals surface area (Å²) < 4.78 is 2.33. The van der Waals surface area contributed by atoms with E-state index in [-0.39, 0.29) is 23.3 Å². The van der Waals surface area contributed by atoms with Crippen LogP contribution in [0.5, 0.6) is 0 Å². The molecule has 0 aromatic carbocycles. The molecule has 0 aromatic rings. The Morgan fingerprint density at radius 1 is 0.900 bits per heavy atom. The number of carbonyl (C=O) groups excluding carboxylic acids is 4. The third kappa shape index (κ3) is 7.33. The summed E-state index contributed by atoms with van der Waals surface area (Å²) in [6, 6.07) is 0. The van der Waals surface area contributed by atoms with Crippen molar-refractivity contribution in [2.45, 2.75) is 0 Å². The second-order valence-corrected chi connectivity index (χ2v) is 9.98. The van der Waals surface area contributed by atoms with Crippen LogP contribution in [0.2, 0.25) is 0 Å². The van der Waals surface area contributed by atoms with Crippen molar-refractivity contribution in [3.05, 3.63) is 22.5 Å². The molecular formula is C14H20N6O6S4. The summed E-state index contributed by atoms with van der Waals surface area (Å²) in [6.07, 6.45) is 1.64.